The molecule has 1 aromatic carbocycles. The molecule has 12 nitrogen and oxygen atoms in total. The molecule has 13 heteroatoms. The molecule has 2 aliphatic rings. The van der Waals surface area contributed by atoms with Crippen LogP contribution in [0.4, 0.5) is 5.69 Å². The van der Waals surface area contributed by atoms with Gasteiger partial charge in [0.1, 0.15) is 0 Å². The molecule has 0 spiro atoms. The lowest BCUT2D eigenvalue weighted by molar-refractivity contribution is -0.112. The Kier molecular flexibility index (Phi) is 10.5. The number of aliphatic hydroxyl groups is 1. The lowest BCUT2D eigenvalue weighted by atomic mass is 10.1. The quantitative estimate of drug-likeness (QED) is 0.221. The third-order valence-corrected chi connectivity index (χ3v) is 7.46. The molecule has 2 atom stereocenters. The predicted octanol–water partition coefficient (Wildman–Crippen LogP) is -0.342. The van der Waals surface area contributed by atoms with E-state index in [-0.39, 0.29) is 42.9 Å². The summed E-state index contributed by atoms with van der Waals surface area (Å²) in [6.07, 6.45) is 0.112. The number of nitrogens with zero attached hydrogens (tertiary/aromatic N) is 1. The van der Waals surface area contributed by atoms with E-state index in [9.17, 15) is 18.0 Å². The van der Waals surface area contributed by atoms with Gasteiger partial charge in [-0.05, 0) is 24.6 Å². The Morgan fingerprint density at radius 1 is 1.03 bits per heavy atom. The molecule has 0 saturated carbocycles. The van der Waals surface area contributed by atoms with Gasteiger partial charge in [0, 0.05) is 13.7 Å². The minimum atomic E-state index is -3.95. The first kappa shape index (κ1) is 27.6. The highest BCUT2D eigenvalue weighted by atomic mass is 32.2. The zero-order valence-electron chi connectivity index (χ0n) is 19.6. The first-order valence-corrected chi connectivity index (χ1v) is 12.8. The first-order valence-electron chi connectivity index (χ1n) is 11.3. The summed E-state index contributed by atoms with van der Waals surface area (Å²) in [7, 11) is -2.45. The van der Waals surface area contributed by atoms with Crippen molar-refractivity contribution >= 4 is 27.4 Å². The monoisotopic (exact) mass is 516 g/mol. The Hall–Kier alpha value is -1.97. The smallest absolute Gasteiger partial charge is 0.296 e. The molecule has 35 heavy (non-hydrogen) atoms. The standard InChI is InChI=1S/C22H32N2O10S/c1-30-15-16-12-17(34-11-10-33-9-8-32-7-6-31-5-4-25)14-24(16)35(28,29)18-2-3-20-19(13-18)21(26)22(27)23-20/h2-3,13,16-17,25H,4-12,14-15H2,1H3,(H,23,26,27)/t16-,17-/m0/s1. The number of ketones is 1. The number of carbonyl (C=O) groups is 2. The minimum absolute atomic E-state index is 0.0189. The van der Waals surface area contributed by atoms with Crippen molar-refractivity contribution in [1.82, 2.24) is 4.31 Å². The number of hydrogen-bond donors (Lipinski definition) is 2. The summed E-state index contributed by atoms with van der Waals surface area (Å²) >= 11 is 0. The number of anilines is 1. The summed E-state index contributed by atoms with van der Waals surface area (Å²) < 4.78 is 55.0. The van der Waals surface area contributed by atoms with Crippen LogP contribution in [0.2, 0.25) is 0 Å². The van der Waals surface area contributed by atoms with Gasteiger partial charge in [-0.3, -0.25) is 9.59 Å². The van der Waals surface area contributed by atoms with E-state index in [0.29, 0.717) is 51.7 Å². The molecule has 0 aromatic heterocycles. The van der Waals surface area contributed by atoms with Gasteiger partial charge in [0.15, 0.2) is 0 Å². The Balaban J connectivity index is 1.47. The highest BCUT2D eigenvalue weighted by Crippen LogP contribution is 2.31. The second kappa shape index (κ2) is 13.4. The topological polar surface area (TPSA) is 150 Å². The van der Waals surface area contributed by atoms with Crippen molar-refractivity contribution < 1.29 is 46.8 Å². The number of aliphatic hydroxyl groups excluding tert-OH is 1. The van der Waals surface area contributed by atoms with Gasteiger partial charge in [-0.15, -0.1) is 0 Å². The molecule has 1 aromatic rings. The molecule has 0 unspecified atom stereocenters. The number of fused-ring (bicyclic) bond motifs is 1. The van der Waals surface area contributed by atoms with E-state index in [1.165, 1.54) is 29.6 Å². The fourth-order valence-corrected chi connectivity index (χ4v) is 5.58. The van der Waals surface area contributed by atoms with E-state index in [4.69, 9.17) is 28.8 Å². The molecule has 1 fully saturated rings. The van der Waals surface area contributed by atoms with Crippen LogP contribution >= 0.6 is 0 Å². The van der Waals surface area contributed by atoms with Gasteiger partial charge in [0.2, 0.25) is 10.0 Å². The van der Waals surface area contributed by atoms with Crippen molar-refractivity contribution in [3.8, 4) is 0 Å². The lowest BCUT2D eigenvalue weighted by Gasteiger charge is -2.23. The van der Waals surface area contributed by atoms with E-state index in [2.05, 4.69) is 5.32 Å². The largest absolute Gasteiger partial charge is 0.394 e. The molecular weight excluding hydrogens is 484 g/mol. The summed E-state index contributed by atoms with van der Waals surface area (Å²) in [4.78, 5) is 23.5. The lowest BCUT2D eigenvalue weighted by Crippen LogP contribution is -2.38. The third-order valence-electron chi connectivity index (χ3n) is 5.54. The van der Waals surface area contributed by atoms with Crippen LogP contribution in [0.25, 0.3) is 0 Å². The molecule has 2 heterocycles. The molecule has 0 aliphatic carbocycles. The SMILES string of the molecule is COC[C@@H]1C[C@H](OCCOCCOCCOCCO)CN1S(=O)(=O)c1ccc2c(c1)C(=O)C(=O)N2. The number of Topliss-reactive ketones (excluding diaryl/α,β-unsaturated/α-hetero) is 1. The first-order chi connectivity index (χ1) is 16.9. The number of sulfonamides is 1. The van der Waals surface area contributed by atoms with Crippen molar-refractivity contribution in [2.24, 2.45) is 0 Å². The Morgan fingerprint density at radius 3 is 2.34 bits per heavy atom. The normalized spacial score (nSPS) is 20.4. The van der Waals surface area contributed by atoms with Gasteiger partial charge in [-0.2, -0.15) is 4.31 Å². The summed E-state index contributed by atoms with van der Waals surface area (Å²) in [5, 5.41) is 11.0. The third kappa shape index (κ3) is 7.27. The van der Waals surface area contributed by atoms with Gasteiger partial charge < -0.3 is 34.1 Å². The van der Waals surface area contributed by atoms with Crippen molar-refractivity contribution in [2.45, 2.75) is 23.5 Å². The molecule has 2 aliphatic heterocycles. The van der Waals surface area contributed by atoms with Crippen LogP contribution in [0, 0.1) is 0 Å². The molecule has 1 amide bonds. The van der Waals surface area contributed by atoms with Gasteiger partial charge in [-0.25, -0.2) is 8.42 Å². The minimum Gasteiger partial charge on any atom is -0.394 e. The molecule has 0 bridgehead atoms. The second-order valence-corrected chi connectivity index (χ2v) is 9.85. The maximum Gasteiger partial charge on any atom is 0.296 e. The fourth-order valence-electron chi connectivity index (χ4n) is 3.90. The number of nitrogens with one attached hydrogen (secondary N) is 1. The van der Waals surface area contributed by atoms with Crippen molar-refractivity contribution in [2.75, 3.05) is 78.4 Å². The molecule has 0 radical (unpaired) electrons. The van der Waals surface area contributed by atoms with E-state index in [1.807, 2.05) is 0 Å². The summed E-state index contributed by atoms with van der Waals surface area (Å²) in [5.74, 6) is -1.53. The van der Waals surface area contributed by atoms with E-state index in [1.54, 1.807) is 0 Å². The number of methoxy groups -OCH3 is 1. The summed E-state index contributed by atoms with van der Waals surface area (Å²) in [6.45, 7) is 2.82. The van der Waals surface area contributed by atoms with Crippen LogP contribution in [-0.2, 0) is 38.5 Å². The Labute approximate surface area is 204 Å². The number of amides is 1. The highest BCUT2D eigenvalue weighted by Gasteiger charge is 2.41. The van der Waals surface area contributed by atoms with Crippen LogP contribution in [0.1, 0.15) is 16.8 Å². The summed E-state index contributed by atoms with van der Waals surface area (Å²) in [6, 6.07) is 3.60. The van der Waals surface area contributed by atoms with Crippen LogP contribution in [0.15, 0.2) is 23.1 Å². The zero-order chi connectivity index (χ0) is 25.3. The van der Waals surface area contributed by atoms with Crippen LogP contribution in [-0.4, -0.2) is 115 Å². The van der Waals surface area contributed by atoms with Gasteiger partial charge in [0.25, 0.3) is 11.7 Å². The molecule has 1 saturated heterocycles. The van der Waals surface area contributed by atoms with Gasteiger partial charge in [0.05, 0.1) is 87.8 Å². The number of hydrogen-bond acceptors (Lipinski definition) is 10. The fraction of sp³-hybridized carbons (Fsp3) is 0.636. The predicted molar refractivity (Wildman–Crippen MR) is 123 cm³/mol. The number of rotatable bonds is 16. The Bertz CT molecular complexity index is 971. The molecule has 196 valence electrons. The zero-order valence-corrected chi connectivity index (χ0v) is 20.5. The van der Waals surface area contributed by atoms with Crippen LogP contribution < -0.4 is 5.32 Å². The van der Waals surface area contributed by atoms with E-state index >= 15 is 0 Å². The second-order valence-electron chi connectivity index (χ2n) is 7.96. The van der Waals surface area contributed by atoms with Crippen LogP contribution in [0.5, 0.6) is 0 Å². The molecular formula is C22H32N2O10S. The molecule has 2 N–H and O–H groups in total. The average Bonchev–Trinajstić information content (AvgIpc) is 3.38. The van der Waals surface area contributed by atoms with Gasteiger partial charge in [-0.1, -0.05) is 0 Å². The van der Waals surface area contributed by atoms with E-state index < -0.39 is 27.8 Å². The Morgan fingerprint density at radius 2 is 1.69 bits per heavy atom. The molecule has 3 rings (SSSR count). The maximum atomic E-state index is 13.4. The summed E-state index contributed by atoms with van der Waals surface area (Å²) in [5.41, 5.74) is 0.348. The van der Waals surface area contributed by atoms with E-state index in [0.717, 1.165) is 0 Å². The van der Waals surface area contributed by atoms with Crippen LogP contribution in [0.3, 0.4) is 0 Å². The maximum absolute atomic E-state index is 13.4. The van der Waals surface area contributed by atoms with Crippen molar-refractivity contribution in [1.29, 1.82) is 0 Å². The number of ether oxygens (including phenoxy) is 5. The van der Waals surface area contributed by atoms with Gasteiger partial charge >= 0.3 is 0 Å². The van der Waals surface area contributed by atoms with Crippen molar-refractivity contribution in [3.63, 3.8) is 0 Å². The number of carbonyl (C=O) groups excluding carboxylic acids is 2. The number of benzene rings is 1. The highest BCUT2D eigenvalue weighted by molar-refractivity contribution is 7.89. The van der Waals surface area contributed by atoms with Crippen molar-refractivity contribution in [3.05, 3.63) is 23.8 Å². The average molecular weight is 517 g/mol.